The molecule has 0 heterocycles. The number of hydrogen-bond acceptors (Lipinski definition) is 3. The van der Waals surface area contributed by atoms with Crippen molar-refractivity contribution in [2.45, 2.75) is 33.1 Å². The molecule has 18 heavy (non-hydrogen) atoms. The van der Waals surface area contributed by atoms with E-state index in [-0.39, 0.29) is 18.1 Å². The van der Waals surface area contributed by atoms with Gasteiger partial charge in [0.15, 0.2) is 6.29 Å². The zero-order valence-electron chi connectivity index (χ0n) is 11.3. The lowest BCUT2D eigenvalue weighted by atomic mass is 10.1. The van der Waals surface area contributed by atoms with E-state index in [4.69, 9.17) is 9.47 Å². The van der Waals surface area contributed by atoms with Crippen LogP contribution in [0.2, 0.25) is 0 Å². The second kappa shape index (κ2) is 8.19. The van der Waals surface area contributed by atoms with Gasteiger partial charge in [-0.3, -0.25) is 0 Å². The van der Waals surface area contributed by atoms with Crippen molar-refractivity contribution in [2.24, 2.45) is 0 Å². The van der Waals surface area contributed by atoms with Crippen molar-refractivity contribution in [3.63, 3.8) is 0 Å². The maximum atomic E-state index is 13.0. The summed E-state index contributed by atoms with van der Waals surface area (Å²) in [6.07, 6.45) is -0.356. The van der Waals surface area contributed by atoms with E-state index in [0.29, 0.717) is 13.2 Å². The predicted octanol–water partition coefficient (Wildman–Crippen LogP) is 2.88. The molecule has 4 heteroatoms. The third-order valence-electron chi connectivity index (χ3n) is 2.59. The molecule has 0 saturated heterocycles. The minimum Gasteiger partial charge on any atom is -0.351 e. The lowest BCUT2D eigenvalue weighted by molar-refractivity contribution is -0.155. The van der Waals surface area contributed by atoms with Gasteiger partial charge in [0, 0.05) is 13.2 Å². The van der Waals surface area contributed by atoms with Crippen LogP contribution in [0.25, 0.3) is 0 Å². The van der Waals surface area contributed by atoms with E-state index >= 15 is 0 Å². The van der Waals surface area contributed by atoms with E-state index in [2.05, 4.69) is 5.32 Å². The third-order valence-corrected chi connectivity index (χ3v) is 2.59. The summed E-state index contributed by atoms with van der Waals surface area (Å²) in [5.74, 6) is -0.238. The number of nitrogens with one attached hydrogen (secondary N) is 1. The highest BCUT2D eigenvalue weighted by molar-refractivity contribution is 5.20. The second-order valence-corrected chi connectivity index (χ2v) is 3.87. The first-order chi connectivity index (χ1) is 8.72. The molecule has 0 aliphatic carbocycles. The van der Waals surface area contributed by atoms with Gasteiger partial charge in [0.25, 0.3) is 0 Å². The monoisotopic (exact) mass is 255 g/mol. The molecular weight excluding hydrogens is 233 g/mol. The van der Waals surface area contributed by atoms with Gasteiger partial charge >= 0.3 is 0 Å². The molecule has 1 unspecified atom stereocenters. The van der Waals surface area contributed by atoms with Crippen LogP contribution in [-0.2, 0) is 9.47 Å². The summed E-state index contributed by atoms with van der Waals surface area (Å²) in [5.41, 5.74) is 0.963. The summed E-state index contributed by atoms with van der Waals surface area (Å²) in [6.45, 7) is 7.82. The maximum Gasteiger partial charge on any atom is 0.176 e. The van der Waals surface area contributed by atoms with Crippen LogP contribution in [0.5, 0.6) is 0 Å². The molecule has 0 aliphatic rings. The number of rotatable bonds is 8. The van der Waals surface area contributed by atoms with Crippen molar-refractivity contribution in [3.05, 3.63) is 35.6 Å². The van der Waals surface area contributed by atoms with Crippen LogP contribution in [0.3, 0.4) is 0 Å². The van der Waals surface area contributed by atoms with Gasteiger partial charge in [0.05, 0.1) is 6.04 Å². The third kappa shape index (κ3) is 4.37. The summed E-state index contributed by atoms with van der Waals surface area (Å²) < 4.78 is 24.2. The topological polar surface area (TPSA) is 30.5 Å². The smallest absolute Gasteiger partial charge is 0.176 e. The molecule has 102 valence electrons. The highest BCUT2D eigenvalue weighted by atomic mass is 19.1. The Kier molecular flexibility index (Phi) is 6.86. The first kappa shape index (κ1) is 15.1. The number of likely N-dealkylation sites (N-methyl/N-ethyl adjacent to an activating group) is 1. The summed E-state index contributed by atoms with van der Waals surface area (Å²) in [4.78, 5) is 0. The number of benzene rings is 1. The van der Waals surface area contributed by atoms with Crippen LogP contribution in [0.15, 0.2) is 24.3 Å². The summed E-state index contributed by atoms with van der Waals surface area (Å²) in [6, 6.07) is 6.33. The van der Waals surface area contributed by atoms with Crippen LogP contribution in [0.4, 0.5) is 4.39 Å². The van der Waals surface area contributed by atoms with E-state index in [0.717, 1.165) is 12.1 Å². The van der Waals surface area contributed by atoms with Crippen molar-refractivity contribution in [2.75, 3.05) is 19.8 Å². The first-order valence-corrected chi connectivity index (χ1v) is 6.44. The van der Waals surface area contributed by atoms with E-state index in [9.17, 15) is 4.39 Å². The van der Waals surface area contributed by atoms with Gasteiger partial charge in [-0.15, -0.1) is 0 Å². The molecule has 1 atom stereocenters. The molecule has 0 aromatic heterocycles. The van der Waals surface area contributed by atoms with Gasteiger partial charge in [-0.2, -0.15) is 0 Å². The highest BCUT2D eigenvalue weighted by Crippen LogP contribution is 2.21. The highest BCUT2D eigenvalue weighted by Gasteiger charge is 2.23. The van der Waals surface area contributed by atoms with Gasteiger partial charge in [0.2, 0.25) is 0 Å². The summed E-state index contributed by atoms with van der Waals surface area (Å²) >= 11 is 0. The average molecular weight is 255 g/mol. The lowest BCUT2D eigenvalue weighted by Gasteiger charge is -2.27. The molecule has 3 nitrogen and oxygen atoms in total. The van der Waals surface area contributed by atoms with Crippen molar-refractivity contribution in [3.8, 4) is 0 Å². The SMILES string of the molecule is CCNC(c1ccc(F)cc1)C(OCC)OCC. The Balaban J connectivity index is 2.87. The Bertz CT molecular complexity index is 323. The molecule has 0 saturated carbocycles. The van der Waals surface area contributed by atoms with Crippen LogP contribution in [0.1, 0.15) is 32.4 Å². The van der Waals surface area contributed by atoms with Gasteiger partial charge in [0.1, 0.15) is 5.82 Å². The standard InChI is InChI=1S/C14H22FNO2/c1-4-16-13(14(17-5-2)18-6-3)11-7-9-12(15)10-8-11/h7-10,13-14,16H,4-6H2,1-3H3. The second-order valence-electron chi connectivity index (χ2n) is 3.87. The zero-order chi connectivity index (χ0) is 13.4. The fraction of sp³-hybridized carbons (Fsp3) is 0.571. The molecule has 1 N–H and O–H groups in total. The fourth-order valence-corrected chi connectivity index (χ4v) is 1.83. The van der Waals surface area contributed by atoms with Crippen molar-refractivity contribution in [1.29, 1.82) is 0 Å². The van der Waals surface area contributed by atoms with Crippen molar-refractivity contribution in [1.82, 2.24) is 5.32 Å². The molecule has 0 aliphatic heterocycles. The maximum absolute atomic E-state index is 13.0. The molecule has 0 fully saturated rings. The number of hydrogen-bond donors (Lipinski definition) is 1. The molecule has 1 aromatic rings. The fourth-order valence-electron chi connectivity index (χ4n) is 1.83. The Labute approximate surface area is 108 Å². The average Bonchev–Trinajstić information content (AvgIpc) is 2.37. The largest absolute Gasteiger partial charge is 0.351 e. The van der Waals surface area contributed by atoms with Crippen molar-refractivity contribution >= 4 is 0 Å². The van der Waals surface area contributed by atoms with E-state index < -0.39 is 0 Å². The van der Waals surface area contributed by atoms with Gasteiger partial charge in [-0.05, 0) is 38.1 Å². The quantitative estimate of drug-likeness (QED) is 0.725. The molecule has 1 aromatic carbocycles. The number of halogens is 1. The van der Waals surface area contributed by atoms with Gasteiger partial charge in [-0.25, -0.2) is 4.39 Å². The predicted molar refractivity (Wildman–Crippen MR) is 69.9 cm³/mol. The molecule has 0 amide bonds. The number of ether oxygens (including phenoxy) is 2. The Morgan fingerprint density at radius 2 is 1.61 bits per heavy atom. The Hall–Kier alpha value is -0.970. The van der Waals surface area contributed by atoms with Gasteiger partial charge in [-0.1, -0.05) is 19.1 Å². The van der Waals surface area contributed by atoms with Crippen molar-refractivity contribution < 1.29 is 13.9 Å². The molecule has 0 spiro atoms. The molecule has 0 radical (unpaired) electrons. The van der Waals surface area contributed by atoms with Crippen LogP contribution in [-0.4, -0.2) is 26.0 Å². The normalized spacial score (nSPS) is 12.9. The van der Waals surface area contributed by atoms with Gasteiger partial charge < -0.3 is 14.8 Å². The lowest BCUT2D eigenvalue weighted by Crippen LogP contribution is -2.36. The van der Waals surface area contributed by atoms with Crippen LogP contribution in [0, 0.1) is 5.82 Å². The molecule has 1 rings (SSSR count). The van der Waals surface area contributed by atoms with E-state index in [1.807, 2.05) is 20.8 Å². The molecule has 0 bridgehead atoms. The Morgan fingerprint density at radius 3 is 2.06 bits per heavy atom. The van der Waals surface area contributed by atoms with Crippen LogP contribution < -0.4 is 5.32 Å². The summed E-state index contributed by atoms with van der Waals surface area (Å²) in [5, 5.41) is 3.32. The summed E-state index contributed by atoms with van der Waals surface area (Å²) in [7, 11) is 0. The molecular formula is C14H22FNO2. The van der Waals surface area contributed by atoms with Crippen LogP contribution >= 0.6 is 0 Å². The van der Waals surface area contributed by atoms with E-state index in [1.165, 1.54) is 12.1 Å². The first-order valence-electron chi connectivity index (χ1n) is 6.44. The zero-order valence-corrected chi connectivity index (χ0v) is 11.3. The minimum absolute atomic E-state index is 0.0875. The van der Waals surface area contributed by atoms with E-state index in [1.54, 1.807) is 12.1 Å². The Morgan fingerprint density at radius 1 is 1.06 bits per heavy atom. The minimum atomic E-state index is -0.356.